The van der Waals surface area contributed by atoms with Crippen molar-refractivity contribution < 1.29 is 14.6 Å². The molecule has 0 aliphatic carbocycles. The molecule has 0 aromatic rings. The van der Waals surface area contributed by atoms with Crippen LogP contribution in [0.25, 0.3) is 0 Å². The molecule has 0 saturated carbocycles. The molecule has 1 aliphatic rings. The van der Waals surface area contributed by atoms with Gasteiger partial charge in [-0.2, -0.15) is 0 Å². The lowest BCUT2D eigenvalue weighted by atomic mass is 10.3. The normalized spacial score (nSPS) is 30.9. The smallest absolute Gasteiger partial charge is 0.0971 e. The molecule has 1 rings (SSSR count). The van der Waals surface area contributed by atoms with Crippen molar-refractivity contribution in [1.29, 1.82) is 0 Å². The van der Waals surface area contributed by atoms with Crippen LogP contribution in [0.2, 0.25) is 0 Å². The Morgan fingerprint density at radius 3 is 2.21 bits per heavy atom. The van der Waals surface area contributed by atoms with Gasteiger partial charge >= 0.3 is 0 Å². The third-order valence-corrected chi connectivity index (χ3v) is 2.90. The van der Waals surface area contributed by atoms with E-state index in [-0.39, 0.29) is 18.1 Å². The van der Waals surface area contributed by atoms with Gasteiger partial charge in [-0.25, -0.2) is 0 Å². The van der Waals surface area contributed by atoms with E-state index in [0.29, 0.717) is 6.54 Å². The highest BCUT2D eigenvalue weighted by atomic mass is 35.5. The zero-order valence-electron chi connectivity index (χ0n) is 8.65. The van der Waals surface area contributed by atoms with Gasteiger partial charge in [0.1, 0.15) is 0 Å². The van der Waals surface area contributed by atoms with Crippen LogP contribution in [0.4, 0.5) is 0 Å². The summed E-state index contributed by atoms with van der Waals surface area (Å²) in [7, 11) is 3.36. The van der Waals surface area contributed by atoms with E-state index in [0.717, 1.165) is 13.1 Å². The van der Waals surface area contributed by atoms with Crippen LogP contribution in [0.3, 0.4) is 0 Å². The van der Waals surface area contributed by atoms with Crippen molar-refractivity contribution in [3.05, 3.63) is 0 Å². The zero-order valence-corrected chi connectivity index (χ0v) is 9.41. The lowest BCUT2D eigenvalue weighted by Crippen LogP contribution is -2.32. The second-order valence-electron chi connectivity index (χ2n) is 3.57. The van der Waals surface area contributed by atoms with Crippen LogP contribution < -0.4 is 0 Å². The van der Waals surface area contributed by atoms with E-state index < -0.39 is 6.10 Å². The number of likely N-dealkylation sites (tertiary alicyclic amines) is 1. The molecule has 0 aromatic heterocycles. The molecule has 3 atom stereocenters. The number of aliphatic hydroxyl groups is 1. The Labute approximate surface area is 89.7 Å². The standard InChI is InChI=1S/C9H18ClNO3/c1-13-8-5-11(4-7(12)3-10)6-9(8)14-2/h7-9,12H,3-6H2,1-2H3. The summed E-state index contributed by atoms with van der Waals surface area (Å²) >= 11 is 5.53. The van der Waals surface area contributed by atoms with Gasteiger partial charge in [0.15, 0.2) is 0 Å². The van der Waals surface area contributed by atoms with Crippen LogP contribution in [0.1, 0.15) is 0 Å². The quantitative estimate of drug-likeness (QED) is 0.663. The van der Waals surface area contributed by atoms with Crippen LogP contribution >= 0.6 is 11.6 Å². The Bertz CT molecular complexity index is 158. The number of ether oxygens (including phenoxy) is 2. The van der Waals surface area contributed by atoms with E-state index in [4.69, 9.17) is 21.1 Å². The molecule has 1 aliphatic heterocycles. The number of halogens is 1. The molecule has 3 unspecified atom stereocenters. The summed E-state index contributed by atoms with van der Waals surface area (Å²) in [6, 6.07) is 0. The van der Waals surface area contributed by atoms with Crippen molar-refractivity contribution in [3.63, 3.8) is 0 Å². The summed E-state index contributed by atoms with van der Waals surface area (Å²) in [6.07, 6.45) is -0.269. The molecule has 1 heterocycles. The van der Waals surface area contributed by atoms with Crippen LogP contribution in [0.5, 0.6) is 0 Å². The van der Waals surface area contributed by atoms with E-state index in [9.17, 15) is 5.11 Å². The molecular weight excluding hydrogens is 206 g/mol. The first-order valence-corrected chi connectivity index (χ1v) is 5.26. The minimum atomic E-state index is -0.468. The van der Waals surface area contributed by atoms with Crippen LogP contribution in [0.15, 0.2) is 0 Å². The highest BCUT2D eigenvalue weighted by Crippen LogP contribution is 2.15. The minimum absolute atomic E-state index is 0.0996. The van der Waals surface area contributed by atoms with Gasteiger partial charge in [-0.05, 0) is 0 Å². The number of β-amino-alcohol motifs (C(OH)–C–C–N with tert-alkyl or cyclic N) is 1. The molecule has 1 saturated heterocycles. The molecule has 0 amide bonds. The molecule has 0 bridgehead atoms. The lowest BCUT2D eigenvalue weighted by molar-refractivity contribution is -0.00461. The van der Waals surface area contributed by atoms with Crippen molar-refractivity contribution in [2.45, 2.75) is 18.3 Å². The first-order chi connectivity index (χ1) is 6.71. The van der Waals surface area contributed by atoms with Crippen molar-refractivity contribution in [3.8, 4) is 0 Å². The van der Waals surface area contributed by atoms with Crippen molar-refractivity contribution in [2.75, 3.05) is 39.7 Å². The average molecular weight is 224 g/mol. The van der Waals surface area contributed by atoms with Gasteiger partial charge in [-0.3, -0.25) is 4.90 Å². The maximum atomic E-state index is 9.38. The van der Waals surface area contributed by atoms with Crippen LogP contribution in [-0.2, 0) is 9.47 Å². The number of alkyl halides is 1. The molecular formula is C9H18ClNO3. The number of aliphatic hydroxyl groups excluding tert-OH is 1. The van der Waals surface area contributed by atoms with Crippen LogP contribution in [-0.4, -0.2) is 68.1 Å². The second kappa shape index (κ2) is 5.88. The molecule has 5 heteroatoms. The monoisotopic (exact) mass is 223 g/mol. The van der Waals surface area contributed by atoms with E-state index in [1.807, 2.05) is 0 Å². The molecule has 0 radical (unpaired) electrons. The molecule has 0 spiro atoms. The van der Waals surface area contributed by atoms with Crippen molar-refractivity contribution in [2.24, 2.45) is 0 Å². The Balaban J connectivity index is 2.37. The highest BCUT2D eigenvalue weighted by Gasteiger charge is 2.33. The Kier molecular flexibility index (Phi) is 5.12. The summed E-state index contributed by atoms with van der Waals surface area (Å²) in [4.78, 5) is 2.11. The first kappa shape index (κ1) is 12.2. The molecule has 84 valence electrons. The first-order valence-electron chi connectivity index (χ1n) is 4.73. The molecule has 1 N–H and O–H groups in total. The summed E-state index contributed by atoms with van der Waals surface area (Å²) in [5.41, 5.74) is 0. The van der Waals surface area contributed by atoms with Crippen LogP contribution in [0, 0.1) is 0 Å². The second-order valence-corrected chi connectivity index (χ2v) is 3.88. The zero-order chi connectivity index (χ0) is 10.6. The van der Waals surface area contributed by atoms with Gasteiger partial charge in [0.2, 0.25) is 0 Å². The maximum Gasteiger partial charge on any atom is 0.0971 e. The molecule has 14 heavy (non-hydrogen) atoms. The Morgan fingerprint density at radius 1 is 1.36 bits per heavy atom. The highest BCUT2D eigenvalue weighted by molar-refractivity contribution is 6.18. The van der Waals surface area contributed by atoms with E-state index in [1.54, 1.807) is 14.2 Å². The minimum Gasteiger partial charge on any atom is -0.391 e. The SMILES string of the molecule is COC1CN(CC(O)CCl)CC1OC. The number of rotatable bonds is 5. The fourth-order valence-electron chi connectivity index (χ4n) is 1.77. The fourth-order valence-corrected chi connectivity index (χ4v) is 1.86. The van der Waals surface area contributed by atoms with Gasteiger partial charge in [0.25, 0.3) is 0 Å². The van der Waals surface area contributed by atoms with Crippen molar-refractivity contribution in [1.82, 2.24) is 4.90 Å². The summed E-state index contributed by atoms with van der Waals surface area (Å²) < 4.78 is 10.6. The number of hydrogen-bond donors (Lipinski definition) is 1. The largest absolute Gasteiger partial charge is 0.391 e. The number of hydrogen-bond acceptors (Lipinski definition) is 4. The van der Waals surface area contributed by atoms with E-state index in [2.05, 4.69) is 4.90 Å². The number of methoxy groups -OCH3 is 2. The van der Waals surface area contributed by atoms with Gasteiger partial charge in [0, 0.05) is 39.7 Å². The molecule has 0 aromatic carbocycles. The van der Waals surface area contributed by atoms with Gasteiger partial charge in [0.05, 0.1) is 18.3 Å². The maximum absolute atomic E-state index is 9.38. The van der Waals surface area contributed by atoms with E-state index >= 15 is 0 Å². The topological polar surface area (TPSA) is 41.9 Å². The summed E-state index contributed by atoms with van der Waals surface area (Å²) in [6.45, 7) is 2.18. The Hall–Kier alpha value is 0.130. The lowest BCUT2D eigenvalue weighted by Gasteiger charge is -2.17. The third kappa shape index (κ3) is 3.07. The summed E-state index contributed by atoms with van der Waals surface area (Å²) in [5.74, 6) is 0.270. The average Bonchev–Trinajstić information content (AvgIpc) is 2.59. The van der Waals surface area contributed by atoms with Gasteiger partial charge < -0.3 is 14.6 Å². The molecule has 1 fully saturated rings. The molecule has 4 nitrogen and oxygen atoms in total. The van der Waals surface area contributed by atoms with Gasteiger partial charge in [-0.1, -0.05) is 0 Å². The third-order valence-electron chi connectivity index (χ3n) is 2.54. The summed E-state index contributed by atoms with van der Waals surface area (Å²) in [5, 5.41) is 9.38. The Morgan fingerprint density at radius 2 is 1.86 bits per heavy atom. The predicted molar refractivity (Wildman–Crippen MR) is 54.8 cm³/mol. The predicted octanol–water partition coefficient (Wildman–Crippen LogP) is -0.0683. The van der Waals surface area contributed by atoms with E-state index in [1.165, 1.54) is 0 Å². The fraction of sp³-hybridized carbons (Fsp3) is 1.00. The number of nitrogens with zero attached hydrogens (tertiary/aromatic N) is 1. The van der Waals surface area contributed by atoms with Gasteiger partial charge in [-0.15, -0.1) is 11.6 Å². The van der Waals surface area contributed by atoms with Crippen molar-refractivity contribution >= 4 is 11.6 Å².